The minimum absolute atomic E-state index is 0.171. The Morgan fingerprint density at radius 3 is 2.23 bits per heavy atom. The number of fused-ring (bicyclic) bond motifs is 1. The number of carbonyl (C=O) groups is 3. The summed E-state index contributed by atoms with van der Waals surface area (Å²) in [6, 6.07) is 13.4. The molecule has 1 heterocycles. The zero-order valence-electron chi connectivity index (χ0n) is 23.2. The molecule has 0 spiro atoms. The zero-order chi connectivity index (χ0) is 31.3. The van der Waals surface area contributed by atoms with Crippen LogP contribution in [0.5, 0.6) is 0 Å². The van der Waals surface area contributed by atoms with Crippen LogP contribution in [0.2, 0.25) is 5.02 Å². The molecule has 1 N–H and O–H groups in total. The van der Waals surface area contributed by atoms with Crippen LogP contribution in [0.3, 0.4) is 0 Å². The fourth-order valence-corrected chi connectivity index (χ4v) is 4.85. The highest BCUT2D eigenvalue weighted by molar-refractivity contribution is 6.33. The molecule has 0 bridgehead atoms. The smallest absolute Gasteiger partial charge is 0.305 e. The zero-order valence-corrected chi connectivity index (χ0v) is 23.9. The predicted molar refractivity (Wildman–Crippen MR) is 159 cm³/mol. The van der Waals surface area contributed by atoms with Crippen LogP contribution in [-0.4, -0.2) is 52.1 Å². The number of azo groups is 1. The molecule has 15 heteroatoms. The number of anilines is 2. The van der Waals surface area contributed by atoms with Gasteiger partial charge < -0.3 is 10.2 Å². The molecule has 0 unspecified atom stereocenters. The molecule has 1 aliphatic rings. The Morgan fingerprint density at radius 2 is 1.65 bits per heavy atom. The second-order valence-corrected chi connectivity index (χ2v) is 9.89. The van der Waals surface area contributed by atoms with Crippen molar-refractivity contribution in [1.29, 1.82) is 0 Å². The number of carbonyl (C=O) groups excluding carboxylic acids is 3. The van der Waals surface area contributed by atoms with Gasteiger partial charge in [0, 0.05) is 38.3 Å². The van der Waals surface area contributed by atoms with E-state index < -0.39 is 27.1 Å². The first kappa shape index (κ1) is 30.7. The molecule has 3 aromatic rings. The summed E-state index contributed by atoms with van der Waals surface area (Å²) in [7, 11) is 0. The van der Waals surface area contributed by atoms with Gasteiger partial charge in [-0.1, -0.05) is 23.7 Å². The van der Waals surface area contributed by atoms with Gasteiger partial charge in [-0.3, -0.25) is 39.5 Å². The van der Waals surface area contributed by atoms with E-state index in [4.69, 9.17) is 11.6 Å². The van der Waals surface area contributed by atoms with E-state index >= 15 is 0 Å². The average Bonchev–Trinajstić information content (AvgIpc) is 3.21. The van der Waals surface area contributed by atoms with Crippen LogP contribution in [0.25, 0.3) is 0 Å². The molecule has 43 heavy (non-hydrogen) atoms. The maximum absolute atomic E-state index is 12.6. The number of nitro benzene ring substituents is 2. The number of hydrogen-bond donors (Lipinski definition) is 1. The molecule has 0 fully saturated rings. The summed E-state index contributed by atoms with van der Waals surface area (Å²) in [6.07, 6.45) is 1.25. The van der Waals surface area contributed by atoms with Gasteiger partial charge in [-0.25, -0.2) is 0 Å². The third-order valence-electron chi connectivity index (χ3n) is 6.67. The Morgan fingerprint density at radius 1 is 0.977 bits per heavy atom. The average molecular weight is 608 g/mol. The number of benzene rings is 3. The number of nitrogens with one attached hydrogen (secondary N) is 1. The first-order valence-corrected chi connectivity index (χ1v) is 13.6. The van der Waals surface area contributed by atoms with E-state index in [1.165, 1.54) is 11.8 Å². The van der Waals surface area contributed by atoms with E-state index in [0.717, 1.165) is 17.8 Å². The van der Waals surface area contributed by atoms with E-state index in [9.17, 15) is 34.6 Å². The molecule has 0 saturated carbocycles. The first-order chi connectivity index (χ1) is 20.5. The number of rotatable bonds is 12. The molecular formula is C28H26ClN7O7. The lowest BCUT2D eigenvalue weighted by Gasteiger charge is -2.24. The van der Waals surface area contributed by atoms with E-state index in [0.29, 0.717) is 37.1 Å². The number of imide groups is 1. The van der Waals surface area contributed by atoms with Gasteiger partial charge in [-0.2, -0.15) is 0 Å². The van der Waals surface area contributed by atoms with Gasteiger partial charge in [-0.05, 0) is 50.1 Å². The Kier molecular flexibility index (Phi) is 9.40. The van der Waals surface area contributed by atoms with Crippen molar-refractivity contribution in [2.75, 3.05) is 29.9 Å². The number of amides is 3. The molecule has 3 amide bonds. The number of nitro groups is 2. The van der Waals surface area contributed by atoms with Crippen LogP contribution in [-0.2, 0) is 4.79 Å². The summed E-state index contributed by atoms with van der Waals surface area (Å²) in [6.45, 7) is 4.74. The number of unbranched alkanes of at least 4 members (excludes halogenated alkanes) is 1. The molecule has 0 saturated heterocycles. The number of hydrogen-bond acceptors (Lipinski definition) is 10. The van der Waals surface area contributed by atoms with Crippen molar-refractivity contribution in [2.24, 2.45) is 10.2 Å². The van der Waals surface area contributed by atoms with Crippen LogP contribution < -0.4 is 10.2 Å². The minimum atomic E-state index is -0.849. The highest BCUT2D eigenvalue weighted by Gasteiger charge is 2.34. The second kappa shape index (κ2) is 13.2. The highest BCUT2D eigenvalue weighted by Crippen LogP contribution is 2.40. The Balaban J connectivity index is 1.49. The molecular weight excluding hydrogens is 582 g/mol. The molecule has 222 valence electrons. The molecule has 4 rings (SSSR count). The van der Waals surface area contributed by atoms with Crippen LogP contribution in [0.4, 0.5) is 34.1 Å². The maximum Gasteiger partial charge on any atom is 0.305 e. The Labute approximate surface area is 250 Å². The quantitative estimate of drug-likeness (QED) is 0.0802. The second-order valence-electron chi connectivity index (χ2n) is 9.49. The van der Waals surface area contributed by atoms with Gasteiger partial charge in [0.1, 0.15) is 5.69 Å². The normalized spacial score (nSPS) is 12.5. The van der Waals surface area contributed by atoms with Crippen molar-refractivity contribution in [1.82, 2.24) is 4.90 Å². The molecule has 3 aromatic carbocycles. The fourth-order valence-electron chi connectivity index (χ4n) is 4.60. The van der Waals surface area contributed by atoms with Crippen LogP contribution in [0, 0.1) is 20.2 Å². The van der Waals surface area contributed by atoms with E-state index in [1.807, 2.05) is 11.8 Å². The molecule has 0 atom stereocenters. The minimum Gasteiger partial charge on any atom is -0.372 e. The SMILES string of the molecule is CCN(CCCCN1C(=O)c2ccccc2C1=O)c1ccc(N=Nc2c(Cl)cc([N+](=O)[O-])cc2[N+](=O)[O-])c(NC(C)=O)c1. The number of nitrogens with zero attached hydrogens (tertiary/aromatic N) is 6. The first-order valence-electron chi connectivity index (χ1n) is 13.2. The maximum atomic E-state index is 12.6. The van der Waals surface area contributed by atoms with Crippen molar-refractivity contribution in [3.8, 4) is 0 Å². The van der Waals surface area contributed by atoms with Crippen molar-refractivity contribution >= 4 is 63.4 Å². The molecule has 1 aliphatic heterocycles. The largest absolute Gasteiger partial charge is 0.372 e. The summed E-state index contributed by atoms with van der Waals surface area (Å²) < 4.78 is 0. The summed E-state index contributed by atoms with van der Waals surface area (Å²) in [5.74, 6) is -0.979. The molecule has 0 aromatic heterocycles. The standard InChI is InChI=1S/C28H26ClN7O7/c1-3-33(12-6-7-13-34-27(38)20-8-4-5-9-21(20)28(34)39)18-10-11-23(24(15-18)30-17(2)37)31-32-26-22(29)14-19(35(40)41)16-25(26)36(42)43/h4-5,8-11,14-16H,3,6-7,12-13H2,1-2H3,(H,30,37). The van der Waals surface area contributed by atoms with Crippen LogP contribution in [0.15, 0.2) is 64.8 Å². The molecule has 14 nitrogen and oxygen atoms in total. The summed E-state index contributed by atoms with van der Waals surface area (Å²) in [5, 5.41) is 32.9. The molecule has 0 aliphatic carbocycles. The van der Waals surface area contributed by atoms with Gasteiger partial charge in [0.25, 0.3) is 17.5 Å². The Bertz CT molecular complexity index is 1630. The fraction of sp³-hybridized carbons (Fsp3) is 0.250. The third-order valence-corrected chi connectivity index (χ3v) is 6.96. The monoisotopic (exact) mass is 607 g/mol. The summed E-state index contributed by atoms with van der Waals surface area (Å²) >= 11 is 6.06. The van der Waals surface area contributed by atoms with Gasteiger partial charge in [-0.15, -0.1) is 10.2 Å². The van der Waals surface area contributed by atoms with Crippen molar-refractivity contribution in [3.05, 3.63) is 91.0 Å². The Hall–Kier alpha value is -5.24. The van der Waals surface area contributed by atoms with Crippen molar-refractivity contribution in [3.63, 3.8) is 0 Å². The summed E-state index contributed by atoms with van der Waals surface area (Å²) in [5.41, 5.74) is 0.380. The van der Waals surface area contributed by atoms with Gasteiger partial charge in [0.2, 0.25) is 5.91 Å². The predicted octanol–water partition coefficient (Wildman–Crippen LogP) is 6.43. The third kappa shape index (κ3) is 6.81. The van der Waals surface area contributed by atoms with E-state index in [1.54, 1.807) is 42.5 Å². The van der Waals surface area contributed by atoms with Crippen molar-refractivity contribution < 1.29 is 24.2 Å². The number of non-ortho nitro benzene ring substituents is 1. The van der Waals surface area contributed by atoms with Gasteiger partial charge in [0.15, 0.2) is 5.69 Å². The van der Waals surface area contributed by atoms with E-state index in [-0.39, 0.29) is 40.4 Å². The van der Waals surface area contributed by atoms with Gasteiger partial charge >= 0.3 is 5.69 Å². The highest BCUT2D eigenvalue weighted by atomic mass is 35.5. The topological polar surface area (TPSA) is 181 Å². The van der Waals surface area contributed by atoms with E-state index in [2.05, 4.69) is 15.5 Å². The number of halogens is 1. The molecule has 0 radical (unpaired) electrons. The lowest BCUT2D eigenvalue weighted by molar-refractivity contribution is -0.393. The lowest BCUT2D eigenvalue weighted by atomic mass is 10.1. The summed E-state index contributed by atoms with van der Waals surface area (Å²) in [4.78, 5) is 61.4. The van der Waals surface area contributed by atoms with Crippen LogP contribution >= 0.6 is 11.6 Å². The van der Waals surface area contributed by atoms with Crippen molar-refractivity contribution in [2.45, 2.75) is 26.7 Å². The van der Waals surface area contributed by atoms with Crippen LogP contribution in [0.1, 0.15) is 47.4 Å². The lowest BCUT2D eigenvalue weighted by Crippen LogP contribution is -2.31. The van der Waals surface area contributed by atoms with Gasteiger partial charge in [0.05, 0.1) is 37.7 Å².